The normalized spacial score (nSPS) is 17.4. The van der Waals surface area contributed by atoms with E-state index in [0.717, 1.165) is 16.5 Å². The van der Waals surface area contributed by atoms with Gasteiger partial charge in [0.2, 0.25) is 0 Å². The number of alkyl halides is 3. The zero-order valence-electron chi connectivity index (χ0n) is 18.7. The van der Waals surface area contributed by atoms with Crippen LogP contribution < -0.4 is 20.9 Å². The van der Waals surface area contributed by atoms with Gasteiger partial charge in [0.05, 0.1) is 11.3 Å². The van der Waals surface area contributed by atoms with Crippen molar-refractivity contribution >= 4 is 40.5 Å². The van der Waals surface area contributed by atoms with E-state index in [-0.39, 0.29) is 22.3 Å². The SMILES string of the molecule is CN.Cc1ccc(N2C(=O)C(C)(C)N(c3ccc4c(c3)C(=O)NCC4)C2=S)cc1C(F)(F)F. The van der Waals surface area contributed by atoms with Gasteiger partial charge in [-0.05, 0) is 81.8 Å². The highest BCUT2D eigenvalue weighted by Gasteiger charge is 2.50. The van der Waals surface area contributed by atoms with E-state index in [2.05, 4.69) is 11.1 Å². The summed E-state index contributed by atoms with van der Waals surface area (Å²) in [5.74, 6) is -0.654. The lowest BCUT2D eigenvalue weighted by Gasteiger charge is -2.30. The van der Waals surface area contributed by atoms with Crippen LogP contribution in [0.1, 0.15) is 40.9 Å². The highest BCUT2D eigenvalue weighted by atomic mass is 32.1. The van der Waals surface area contributed by atoms with Crippen molar-refractivity contribution in [2.24, 2.45) is 5.73 Å². The highest BCUT2D eigenvalue weighted by molar-refractivity contribution is 7.81. The van der Waals surface area contributed by atoms with E-state index in [0.29, 0.717) is 24.2 Å². The Labute approximate surface area is 195 Å². The molecule has 2 aromatic rings. The van der Waals surface area contributed by atoms with Crippen LogP contribution in [0.25, 0.3) is 0 Å². The van der Waals surface area contributed by atoms with Gasteiger partial charge in [-0.2, -0.15) is 13.2 Å². The first kappa shape index (κ1) is 24.7. The highest BCUT2D eigenvalue weighted by Crippen LogP contribution is 2.40. The summed E-state index contributed by atoms with van der Waals surface area (Å²) in [5, 5.41) is 2.84. The Morgan fingerprint density at radius 3 is 2.33 bits per heavy atom. The van der Waals surface area contributed by atoms with E-state index in [9.17, 15) is 22.8 Å². The van der Waals surface area contributed by atoms with Gasteiger partial charge in [0.15, 0.2) is 5.11 Å². The van der Waals surface area contributed by atoms with E-state index in [1.54, 1.807) is 30.9 Å². The number of nitrogens with one attached hydrogen (secondary N) is 1. The molecule has 1 fully saturated rings. The van der Waals surface area contributed by atoms with Gasteiger partial charge in [0.25, 0.3) is 11.8 Å². The predicted molar refractivity (Wildman–Crippen MR) is 125 cm³/mol. The monoisotopic (exact) mass is 478 g/mol. The number of nitrogens with two attached hydrogens (primary N) is 1. The van der Waals surface area contributed by atoms with Gasteiger partial charge >= 0.3 is 6.18 Å². The predicted octanol–water partition coefficient (Wildman–Crippen LogP) is 3.79. The molecule has 0 radical (unpaired) electrons. The van der Waals surface area contributed by atoms with E-state index in [1.807, 2.05) is 6.07 Å². The number of aryl methyl sites for hydroxylation is 1. The maximum atomic E-state index is 13.4. The molecule has 0 aliphatic carbocycles. The van der Waals surface area contributed by atoms with Gasteiger partial charge in [0, 0.05) is 17.8 Å². The fraction of sp³-hybridized carbons (Fsp3) is 0.348. The van der Waals surface area contributed by atoms with E-state index in [4.69, 9.17) is 12.2 Å². The molecule has 0 unspecified atom stereocenters. The Bertz CT molecular complexity index is 1130. The number of fused-ring (bicyclic) bond motifs is 1. The fourth-order valence-corrected chi connectivity index (χ4v) is 4.57. The van der Waals surface area contributed by atoms with Crippen LogP contribution in [-0.2, 0) is 17.4 Å². The van der Waals surface area contributed by atoms with Gasteiger partial charge in [0.1, 0.15) is 5.54 Å². The number of amides is 2. The Kier molecular flexibility index (Phi) is 6.54. The molecule has 0 aromatic heterocycles. The maximum Gasteiger partial charge on any atom is 0.416 e. The summed E-state index contributed by atoms with van der Waals surface area (Å²) in [6.45, 7) is 5.23. The third kappa shape index (κ3) is 4.20. The molecule has 176 valence electrons. The zero-order chi connectivity index (χ0) is 24.7. The molecule has 0 saturated carbocycles. The molecular weight excluding hydrogens is 453 g/mol. The van der Waals surface area contributed by atoms with Gasteiger partial charge < -0.3 is 16.0 Å². The molecule has 2 aromatic carbocycles. The summed E-state index contributed by atoms with van der Waals surface area (Å²) < 4.78 is 40.2. The summed E-state index contributed by atoms with van der Waals surface area (Å²) in [5.41, 5.74) is 4.58. The third-order valence-electron chi connectivity index (χ3n) is 5.73. The van der Waals surface area contributed by atoms with Crippen LogP contribution in [0.3, 0.4) is 0 Å². The molecule has 3 N–H and O–H groups in total. The molecule has 2 heterocycles. The number of hydrogen-bond acceptors (Lipinski definition) is 4. The number of nitrogens with zero attached hydrogens (tertiary/aromatic N) is 2. The molecule has 2 aliphatic heterocycles. The van der Waals surface area contributed by atoms with Crippen molar-refractivity contribution in [2.45, 2.75) is 38.9 Å². The summed E-state index contributed by atoms with van der Waals surface area (Å²) in [6.07, 6.45) is -3.85. The maximum absolute atomic E-state index is 13.4. The van der Waals surface area contributed by atoms with E-state index in [1.165, 1.54) is 26.1 Å². The molecule has 6 nitrogen and oxygen atoms in total. The number of halogens is 3. The molecule has 33 heavy (non-hydrogen) atoms. The lowest BCUT2D eigenvalue weighted by Crippen LogP contribution is -2.44. The minimum absolute atomic E-state index is 0.0548. The van der Waals surface area contributed by atoms with Crippen molar-refractivity contribution in [1.29, 1.82) is 0 Å². The van der Waals surface area contributed by atoms with Crippen LogP contribution in [0, 0.1) is 6.92 Å². The quantitative estimate of drug-likeness (QED) is 0.643. The second-order valence-electron chi connectivity index (χ2n) is 8.16. The minimum atomic E-state index is -4.55. The first-order valence-corrected chi connectivity index (χ1v) is 10.7. The summed E-state index contributed by atoms with van der Waals surface area (Å²) in [6, 6.07) is 8.99. The standard InChI is InChI=1S/C22H20F3N3O2S.CH5N/c1-12-4-6-14(11-17(12)22(23,24)25)27-19(30)21(2,3)28(20(27)31)15-7-5-13-8-9-26-18(29)16(13)10-15;1-2/h4-7,10-11H,8-9H2,1-3H3,(H,26,29);2H2,1H3. The summed E-state index contributed by atoms with van der Waals surface area (Å²) in [7, 11) is 1.50. The average Bonchev–Trinajstić information content (AvgIpc) is 2.93. The first-order valence-electron chi connectivity index (χ1n) is 10.3. The van der Waals surface area contributed by atoms with Gasteiger partial charge in [-0.25, -0.2) is 0 Å². The van der Waals surface area contributed by atoms with Crippen LogP contribution in [0.4, 0.5) is 24.5 Å². The molecule has 0 atom stereocenters. The van der Waals surface area contributed by atoms with Gasteiger partial charge in [-0.1, -0.05) is 12.1 Å². The summed E-state index contributed by atoms with van der Waals surface area (Å²) in [4.78, 5) is 28.2. The molecule has 1 saturated heterocycles. The van der Waals surface area contributed by atoms with Crippen molar-refractivity contribution in [2.75, 3.05) is 23.4 Å². The van der Waals surface area contributed by atoms with Crippen LogP contribution in [0.5, 0.6) is 0 Å². The van der Waals surface area contributed by atoms with E-state index >= 15 is 0 Å². The van der Waals surface area contributed by atoms with Crippen LogP contribution >= 0.6 is 12.2 Å². The Morgan fingerprint density at radius 1 is 1.06 bits per heavy atom. The Morgan fingerprint density at radius 2 is 1.70 bits per heavy atom. The Hall–Kier alpha value is -2.98. The molecule has 4 rings (SSSR count). The van der Waals surface area contributed by atoms with E-state index < -0.39 is 23.2 Å². The number of carbonyl (C=O) groups excluding carboxylic acids is 2. The largest absolute Gasteiger partial charge is 0.416 e. The molecule has 0 bridgehead atoms. The van der Waals surface area contributed by atoms with Crippen molar-refractivity contribution in [3.8, 4) is 0 Å². The number of carbonyl (C=O) groups is 2. The van der Waals surface area contributed by atoms with Crippen molar-refractivity contribution in [3.05, 3.63) is 58.7 Å². The number of benzene rings is 2. The number of hydrogen-bond donors (Lipinski definition) is 2. The van der Waals surface area contributed by atoms with Gasteiger partial charge in [-0.15, -0.1) is 0 Å². The number of anilines is 2. The van der Waals surface area contributed by atoms with Crippen LogP contribution in [0.2, 0.25) is 0 Å². The second kappa shape index (κ2) is 8.75. The molecule has 2 aliphatic rings. The minimum Gasteiger partial charge on any atom is -0.352 e. The molecule has 0 spiro atoms. The smallest absolute Gasteiger partial charge is 0.352 e. The lowest BCUT2D eigenvalue weighted by molar-refractivity contribution is -0.138. The number of rotatable bonds is 2. The van der Waals surface area contributed by atoms with Crippen LogP contribution in [-0.4, -0.2) is 36.1 Å². The average molecular weight is 479 g/mol. The summed E-state index contributed by atoms with van der Waals surface area (Å²) >= 11 is 5.55. The molecule has 2 amide bonds. The lowest BCUT2D eigenvalue weighted by atomic mass is 9.97. The molecular formula is C23H25F3N4O2S. The van der Waals surface area contributed by atoms with Crippen molar-refractivity contribution < 1.29 is 22.8 Å². The Balaban J connectivity index is 0.00000149. The van der Waals surface area contributed by atoms with Gasteiger partial charge in [-0.3, -0.25) is 14.5 Å². The second-order valence-corrected chi connectivity index (χ2v) is 8.53. The third-order valence-corrected chi connectivity index (χ3v) is 6.09. The topological polar surface area (TPSA) is 78.7 Å². The zero-order valence-corrected chi connectivity index (χ0v) is 19.5. The van der Waals surface area contributed by atoms with Crippen molar-refractivity contribution in [1.82, 2.24) is 5.32 Å². The number of thiocarbonyl (C=S) groups is 1. The van der Waals surface area contributed by atoms with Crippen molar-refractivity contribution in [3.63, 3.8) is 0 Å². The molecule has 10 heteroatoms. The fourth-order valence-electron chi connectivity index (χ4n) is 4.05. The van der Waals surface area contributed by atoms with Crippen LogP contribution in [0.15, 0.2) is 36.4 Å². The first-order chi connectivity index (χ1) is 15.4.